The van der Waals surface area contributed by atoms with E-state index in [1.807, 2.05) is 11.6 Å². The van der Waals surface area contributed by atoms with E-state index in [0.717, 1.165) is 64.7 Å². The van der Waals surface area contributed by atoms with Gasteiger partial charge < -0.3 is 19.9 Å². The van der Waals surface area contributed by atoms with Gasteiger partial charge in [0.1, 0.15) is 12.7 Å². The predicted octanol–water partition coefficient (Wildman–Crippen LogP) is 1.26. The molecule has 8 nitrogen and oxygen atoms in total. The van der Waals surface area contributed by atoms with Gasteiger partial charge in [-0.25, -0.2) is 0 Å². The maximum Gasteiger partial charge on any atom is 0.191 e. The van der Waals surface area contributed by atoms with Crippen LogP contribution in [-0.2, 0) is 11.3 Å². The Kier molecular flexibility index (Phi) is 7.89. The Hall–Kier alpha value is -1.67. The van der Waals surface area contributed by atoms with Crippen LogP contribution in [0.4, 0.5) is 0 Å². The molecule has 0 unspecified atom stereocenters. The third-order valence-electron chi connectivity index (χ3n) is 5.88. The molecule has 152 valence electrons. The van der Waals surface area contributed by atoms with Crippen molar-refractivity contribution >= 4 is 5.96 Å². The van der Waals surface area contributed by atoms with Gasteiger partial charge >= 0.3 is 0 Å². The number of morpholine rings is 1. The van der Waals surface area contributed by atoms with Gasteiger partial charge in [0.15, 0.2) is 5.96 Å². The van der Waals surface area contributed by atoms with E-state index in [1.54, 1.807) is 12.7 Å². The number of rotatable bonds is 8. The van der Waals surface area contributed by atoms with Crippen molar-refractivity contribution in [3.8, 4) is 0 Å². The van der Waals surface area contributed by atoms with Gasteiger partial charge in [0.2, 0.25) is 0 Å². The molecule has 0 radical (unpaired) electrons. The maximum absolute atomic E-state index is 5.58. The molecular weight excluding hydrogens is 342 g/mol. The van der Waals surface area contributed by atoms with Crippen molar-refractivity contribution < 1.29 is 4.74 Å². The smallest absolute Gasteiger partial charge is 0.191 e. The van der Waals surface area contributed by atoms with E-state index in [4.69, 9.17) is 4.74 Å². The molecule has 0 spiro atoms. The minimum absolute atomic E-state index is 0.258. The van der Waals surface area contributed by atoms with Crippen molar-refractivity contribution in [2.75, 3.05) is 46.4 Å². The van der Waals surface area contributed by atoms with Crippen LogP contribution in [0, 0.1) is 0 Å². The molecule has 3 rings (SSSR count). The summed E-state index contributed by atoms with van der Waals surface area (Å²) in [6.07, 6.45) is 12.3. The van der Waals surface area contributed by atoms with Crippen molar-refractivity contribution in [3.63, 3.8) is 0 Å². The van der Waals surface area contributed by atoms with Gasteiger partial charge in [0.05, 0.1) is 13.2 Å². The van der Waals surface area contributed by atoms with E-state index < -0.39 is 0 Å². The SMILES string of the molecule is CN=C(NCCCCn1cnnc1)NCC1(N2CCOCC2)CCCCC1. The summed E-state index contributed by atoms with van der Waals surface area (Å²) in [6.45, 7) is 6.68. The van der Waals surface area contributed by atoms with E-state index in [0.29, 0.717) is 0 Å². The molecule has 1 saturated heterocycles. The Morgan fingerprint density at radius 3 is 2.52 bits per heavy atom. The molecule has 27 heavy (non-hydrogen) atoms. The largest absolute Gasteiger partial charge is 0.379 e. The van der Waals surface area contributed by atoms with Gasteiger partial charge in [-0.1, -0.05) is 19.3 Å². The first-order valence-corrected chi connectivity index (χ1v) is 10.4. The van der Waals surface area contributed by atoms with Crippen molar-refractivity contribution in [1.82, 2.24) is 30.3 Å². The molecule has 0 amide bonds. The second-order valence-electron chi connectivity index (χ2n) is 7.64. The van der Waals surface area contributed by atoms with Crippen LogP contribution in [0.25, 0.3) is 0 Å². The van der Waals surface area contributed by atoms with Crippen LogP contribution >= 0.6 is 0 Å². The lowest BCUT2D eigenvalue weighted by Crippen LogP contribution is -2.60. The first-order valence-electron chi connectivity index (χ1n) is 10.4. The fourth-order valence-corrected chi connectivity index (χ4v) is 4.28. The normalized spacial score (nSPS) is 21.1. The summed E-state index contributed by atoms with van der Waals surface area (Å²) in [5.41, 5.74) is 0.258. The Morgan fingerprint density at radius 1 is 1.07 bits per heavy atom. The van der Waals surface area contributed by atoms with Crippen LogP contribution in [0.15, 0.2) is 17.6 Å². The average Bonchev–Trinajstić information content (AvgIpc) is 3.25. The first kappa shape index (κ1) is 20.1. The van der Waals surface area contributed by atoms with Gasteiger partial charge in [0, 0.05) is 45.3 Å². The van der Waals surface area contributed by atoms with E-state index in [1.165, 1.54) is 32.1 Å². The molecule has 0 bridgehead atoms. The number of aliphatic imine (C=N–C) groups is 1. The van der Waals surface area contributed by atoms with Crippen LogP contribution in [-0.4, -0.2) is 77.6 Å². The first-order chi connectivity index (χ1) is 13.3. The number of nitrogens with zero attached hydrogens (tertiary/aromatic N) is 5. The fraction of sp³-hybridized carbons (Fsp3) is 0.842. The Bertz CT molecular complexity index is 548. The Labute approximate surface area is 162 Å². The van der Waals surface area contributed by atoms with Crippen LogP contribution in [0.2, 0.25) is 0 Å². The minimum atomic E-state index is 0.258. The lowest BCUT2D eigenvalue weighted by atomic mass is 9.80. The summed E-state index contributed by atoms with van der Waals surface area (Å²) in [5, 5.41) is 14.7. The Balaban J connectivity index is 1.42. The summed E-state index contributed by atoms with van der Waals surface area (Å²) in [7, 11) is 1.86. The molecule has 1 aliphatic heterocycles. The molecule has 1 aromatic heterocycles. The molecular formula is C19H35N7O. The molecule has 8 heteroatoms. The summed E-state index contributed by atoms with van der Waals surface area (Å²) in [5.74, 6) is 0.914. The maximum atomic E-state index is 5.58. The van der Waals surface area contributed by atoms with Gasteiger partial charge in [-0.3, -0.25) is 9.89 Å². The molecule has 2 aliphatic rings. The topological polar surface area (TPSA) is 79.6 Å². The summed E-state index contributed by atoms with van der Waals surface area (Å²) < 4.78 is 7.59. The summed E-state index contributed by atoms with van der Waals surface area (Å²) in [6, 6.07) is 0. The summed E-state index contributed by atoms with van der Waals surface area (Å²) >= 11 is 0. The quantitative estimate of drug-likeness (QED) is 0.403. The lowest BCUT2D eigenvalue weighted by Gasteiger charge is -2.48. The van der Waals surface area contributed by atoms with Crippen LogP contribution < -0.4 is 10.6 Å². The highest BCUT2D eigenvalue weighted by molar-refractivity contribution is 5.79. The van der Waals surface area contributed by atoms with Gasteiger partial charge in [0.25, 0.3) is 0 Å². The Morgan fingerprint density at radius 2 is 1.81 bits per heavy atom. The molecule has 2 heterocycles. The molecule has 2 N–H and O–H groups in total. The molecule has 1 saturated carbocycles. The highest BCUT2D eigenvalue weighted by Gasteiger charge is 2.38. The fourth-order valence-electron chi connectivity index (χ4n) is 4.28. The van der Waals surface area contributed by atoms with Crippen LogP contribution in [0.3, 0.4) is 0 Å². The molecule has 0 aromatic carbocycles. The number of nitrogens with one attached hydrogen (secondary N) is 2. The monoisotopic (exact) mass is 377 g/mol. The molecule has 1 aromatic rings. The number of aromatic nitrogens is 3. The highest BCUT2D eigenvalue weighted by Crippen LogP contribution is 2.33. The average molecular weight is 378 g/mol. The van der Waals surface area contributed by atoms with Gasteiger partial charge in [-0.05, 0) is 25.7 Å². The van der Waals surface area contributed by atoms with Crippen LogP contribution in [0.1, 0.15) is 44.9 Å². The second-order valence-corrected chi connectivity index (χ2v) is 7.64. The van der Waals surface area contributed by atoms with Crippen molar-refractivity contribution in [2.45, 2.75) is 57.0 Å². The lowest BCUT2D eigenvalue weighted by molar-refractivity contribution is -0.0352. The zero-order chi connectivity index (χ0) is 18.8. The third kappa shape index (κ3) is 5.90. The number of ether oxygens (including phenoxy) is 1. The van der Waals surface area contributed by atoms with E-state index in [2.05, 4.69) is 30.7 Å². The van der Waals surface area contributed by atoms with Crippen molar-refractivity contribution in [2.24, 2.45) is 4.99 Å². The summed E-state index contributed by atoms with van der Waals surface area (Å²) in [4.78, 5) is 7.08. The van der Waals surface area contributed by atoms with Crippen molar-refractivity contribution in [1.29, 1.82) is 0 Å². The highest BCUT2D eigenvalue weighted by atomic mass is 16.5. The number of guanidine groups is 1. The molecule has 0 atom stereocenters. The van der Waals surface area contributed by atoms with E-state index in [9.17, 15) is 0 Å². The molecule has 2 fully saturated rings. The number of hydrogen-bond donors (Lipinski definition) is 2. The minimum Gasteiger partial charge on any atom is -0.379 e. The second kappa shape index (κ2) is 10.6. The van der Waals surface area contributed by atoms with E-state index in [-0.39, 0.29) is 5.54 Å². The zero-order valence-electron chi connectivity index (χ0n) is 16.7. The van der Waals surface area contributed by atoms with Crippen LogP contribution in [0.5, 0.6) is 0 Å². The number of unbranched alkanes of at least 4 members (excludes halogenated alkanes) is 1. The zero-order valence-corrected chi connectivity index (χ0v) is 16.7. The molecule has 1 aliphatic carbocycles. The van der Waals surface area contributed by atoms with E-state index >= 15 is 0 Å². The third-order valence-corrected chi connectivity index (χ3v) is 5.88. The number of aryl methyl sites for hydroxylation is 1. The standard InChI is InChI=1S/C19H35N7O/c1-20-18(21-9-5-6-10-25-16-23-24-17-25)22-15-19(7-3-2-4-8-19)26-11-13-27-14-12-26/h16-17H,2-15H2,1H3,(H2,20,21,22). The number of hydrogen-bond acceptors (Lipinski definition) is 5. The predicted molar refractivity (Wildman–Crippen MR) is 107 cm³/mol. The van der Waals surface area contributed by atoms with Crippen molar-refractivity contribution in [3.05, 3.63) is 12.7 Å². The van der Waals surface area contributed by atoms with Gasteiger partial charge in [-0.2, -0.15) is 0 Å². The van der Waals surface area contributed by atoms with Gasteiger partial charge in [-0.15, -0.1) is 10.2 Å².